The summed E-state index contributed by atoms with van der Waals surface area (Å²) in [5, 5.41) is 18.2. The van der Waals surface area contributed by atoms with Crippen molar-refractivity contribution in [1.29, 1.82) is 10.8 Å². The Morgan fingerprint density at radius 1 is 0.644 bits per heavy atom. The number of anilines is 2. The average molecular weight is 653 g/mol. The maximum atomic E-state index is 9.09. The van der Waals surface area contributed by atoms with E-state index in [1.165, 1.54) is 0 Å². The fourth-order valence-electron chi connectivity index (χ4n) is 4.42. The Morgan fingerprint density at radius 3 is 1.20 bits per heavy atom. The van der Waals surface area contributed by atoms with Crippen LogP contribution in [0.5, 0.6) is 23.0 Å². The molecule has 0 saturated carbocycles. The smallest absolute Gasteiger partial charge is 0.430 e. The SMILES string of the molecule is CCOc1cc(N2CCOCC2)c(OCC)cc1[N+]#N.CCOc1cc(N2CCOCC2)c(OCC)cc1[N+]#N.O=S(=O)([O-])[O-]. The Bertz CT molecular complexity index is 1300. The maximum absolute atomic E-state index is 9.09. The lowest BCUT2D eigenvalue weighted by atomic mass is 10.2. The van der Waals surface area contributed by atoms with Crippen LogP contribution in [-0.4, -0.2) is 96.6 Å². The van der Waals surface area contributed by atoms with Crippen molar-refractivity contribution < 1.29 is 45.9 Å². The lowest BCUT2D eigenvalue weighted by molar-refractivity contribution is 0.122. The summed E-state index contributed by atoms with van der Waals surface area (Å²) in [6, 6.07) is 7.16. The van der Waals surface area contributed by atoms with E-state index in [0.717, 1.165) is 37.6 Å². The zero-order valence-corrected chi connectivity index (χ0v) is 26.8. The summed E-state index contributed by atoms with van der Waals surface area (Å²) in [6.07, 6.45) is 0. The van der Waals surface area contributed by atoms with E-state index in [4.69, 9.17) is 56.7 Å². The number of nitrogens with zero attached hydrogens (tertiary/aromatic N) is 6. The summed E-state index contributed by atoms with van der Waals surface area (Å²) in [5.74, 6) is 2.51. The van der Waals surface area contributed by atoms with Gasteiger partial charge in [-0.15, -0.1) is 0 Å². The minimum Gasteiger partial charge on any atom is -0.759 e. The molecule has 0 bridgehead atoms. The zero-order chi connectivity index (χ0) is 33.2. The summed E-state index contributed by atoms with van der Waals surface area (Å²) in [7, 11) is -5.17. The Balaban J connectivity index is 0.000000273. The van der Waals surface area contributed by atoms with Gasteiger partial charge in [0.05, 0.1) is 76.4 Å². The molecule has 248 valence electrons. The largest absolute Gasteiger partial charge is 0.759 e. The van der Waals surface area contributed by atoms with E-state index >= 15 is 0 Å². The van der Waals surface area contributed by atoms with E-state index < -0.39 is 10.4 Å². The summed E-state index contributed by atoms with van der Waals surface area (Å²) in [5.41, 5.74) is 2.66. The maximum Gasteiger partial charge on any atom is 0.430 e. The van der Waals surface area contributed by atoms with Crippen molar-refractivity contribution in [2.45, 2.75) is 27.7 Å². The first-order valence-corrected chi connectivity index (χ1v) is 15.8. The van der Waals surface area contributed by atoms with Crippen LogP contribution in [0.4, 0.5) is 22.7 Å². The third-order valence-electron chi connectivity index (χ3n) is 6.20. The molecule has 45 heavy (non-hydrogen) atoms. The molecule has 0 aliphatic carbocycles. The molecule has 0 aromatic heterocycles. The Labute approximate surface area is 263 Å². The lowest BCUT2D eigenvalue weighted by Crippen LogP contribution is -2.36. The number of rotatable bonds is 10. The van der Waals surface area contributed by atoms with Gasteiger partial charge in [-0.25, -0.2) is 0 Å². The predicted octanol–water partition coefficient (Wildman–Crippen LogP) is 4.27. The van der Waals surface area contributed by atoms with Crippen molar-refractivity contribution in [2.24, 2.45) is 0 Å². The normalized spacial score (nSPS) is 14.4. The second kappa shape index (κ2) is 19.3. The monoisotopic (exact) mass is 652 g/mol. The molecule has 2 heterocycles. The van der Waals surface area contributed by atoms with Gasteiger partial charge >= 0.3 is 11.4 Å². The van der Waals surface area contributed by atoms with E-state index in [-0.39, 0.29) is 0 Å². The van der Waals surface area contributed by atoms with Crippen molar-refractivity contribution >= 4 is 33.1 Å². The third-order valence-corrected chi connectivity index (χ3v) is 6.20. The summed E-state index contributed by atoms with van der Waals surface area (Å²) >= 11 is 0. The molecular weight excluding hydrogens is 612 g/mol. The Kier molecular flexibility index (Phi) is 15.9. The summed E-state index contributed by atoms with van der Waals surface area (Å²) in [6.45, 7) is 15.8. The van der Waals surface area contributed by atoms with Crippen molar-refractivity contribution in [3.05, 3.63) is 34.2 Å². The van der Waals surface area contributed by atoms with E-state index in [9.17, 15) is 0 Å². The van der Waals surface area contributed by atoms with E-state index in [0.29, 0.717) is 87.2 Å². The van der Waals surface area contributed by atoms with Crippen molar-refractivity contribution in [3.8, 4) is 23.0 Å². The number of benzene rings is 2. The van der Waals surface area contributed by atoms with Gasteiger partial charge in [0.1, 0.15) is 0 Å². The number of hydrogen-bond donors (Lipinski definition) is 0. The Hall–Kier alpha value is -4.13. The van der Waals surface area contributed by atoms with Crippen molar-refractivity contribution in [2.75, 3.05) is 88.8 Å². The minimum atomic E-state index is -5.17. The summed E-state index contributed by atoms with van der Waals surface area (Å²) in [4.78, 5) is 10.9. The fraction of sp³-hybridized carbons (Fsp3) is 0.571. The third kappa shape index (κ3) is 12.4. The molecule has 0 N–H and O–H groups in total. The molecule has 17 heteroatoms. The van der Waals surface area contributed by atoms with Gasteiger partial charge in [0.15, 0.2) is 21.5 Å². The molecule has 4 rings (SSSR count). The van der Waals surface area contributed by atoms with Crippen LogP contribution in [0.1, 0.15) is 27.7 Å². The molecule has 2 saturated heterocycles. The molecule has 2 fully saturated rings. The molecule has 0 amide bonds. The molecule has 2 aliphatic heterocycles. The quantitative estimate of drug-likeness (QED) is 0.200. The van der Waals surface area contributed by atoms with Gasteiger partial charge in [-0.05, 0) is 27.7 Å². The van der Waals surface area contributed by atoms with Crippen LogP contribution in [0, 0.1) is 10.8 Å². The number of hydrogen-bond acceptors (Lipinski definition) is 14. The molecular formula is C28H40N6O10S. The second-order valence-corrected chi connectivity index (χ2v) is 9.93. The van der Waals surface area contributed by atoms with Gasteiger partial charge in [-0.1, -0.05) is 0 Å². The zero-order valence-electron chi connectivity index (χ0n) is 26.0. The van der Waals surface area contributed by atoms with Crippen LogP contribution in [0.15, 0.2) is 24.3 Å². The van der Waals surface area contributed by atoms with E-state index in [1.807, 2.05) is 39.8 Å². The highest BCUT2D eigenvalue weighted by Gasteiger charge is 2.26. The number of ether oxygens (including phenoxy) is 6. The van der Waals surface area contributed by atoms with Crippen LogP contribution >= 0.6 is 0 Å². The van der Waals surface area contributed by atoms with Gasteiger partial charge in [0, 0.05) is 48.7 Å². The van der Waals surface area contributed by atoms with Gasteiger partial charge in [-0.2, -0.15) is 0 Å². The molecule has 0 spiro atoms. The average Bonchev–Trinajstić information content (AvgIpc) is 3.03. The predicted molar refractivity (Wildman–Crippen MR) is 164 cm³/mol. The minimum absolute atomic E-state index is 0.382. The first-order valence-electron chi connectivity index (χ1n) is 14.5. The standard InChI is InChI=1S/2C14H20N3O3.H2O4S/c2*1-3-19-13-10-12(17-5-7-18-8-6-17)14(20-4-2)9-11(13)16-15;1-5(2,3)4/h2*9-10H,3-8H2,1-2H3;(H2,1,2,3,4)/q2*+1;/p-2. The lowest BCUT2D eigenvalue weighted by Gasteiger charge is -2.30. The molecule has 0 unspecified atom stereocenters. The molecule has 16 nitrogen and oxygen atoms in total. The van der Waals surface area contributed by atoms with E-state index in [1.54, 1.807) is 12.1 Å². The fourth-order valence-corrected chi connectivity index (χ4v) is 4.42. The van der Waals surface area contributed by atoms with Gasteiger partial charge in [0.25, 0.3) is 0 Å². The molecule has 0 radical (unpaired) electrons. The van der Waals surface area contributed by atoms with Crippen LogP contribution in [0.3, 0.4) is 0 Å². The van der Waals surface area contributed by atoms with Crippen LogP contribution in [0.2, 0.25) is 0 Å². The molecule has 2 aromatic carbocycles. The first kappa shape index (κ1) is 37.1. The van der Waals surface area contributed by atoms with E-state index in [2.05, 4.69) is 19.8 Å². The summed E-state index contributed by atoms with van der Waals surface area (Å²) < 4.78 is 67.2. The molecule has 2 aliphatic rings. The van der Waals surface area contributed by atoms with Crippen LogP contribution < -0.4 is 28.7 Å². The topological polar surface area (TPSA) is 198 Å². The highest BCUT2D eigenvalue weighted by molar-refractivity contribution is 7.79. The highest BCUT2D eigenvalue weighted by Crippen LogP contribution is 2.41. The molecule has 2 aromatic rings. The van der Waals surface area contributed by atoms with Gasteiger partial charge in [-0.3, -0.25) is 8.42 Å². The Morgan fingerprint density at radius 2 is 0.933 bits per heavy atom. The molecule has 0 atom stereocenters. The van der Waals surface area contributed by atoms with Gasteiger partial charge in [0.2, 0.25) is 22.3 Å². The van der Waals surface area contributed by atoms with Crippen LogP contribution in [0.25, 0.3) is 9.95 Å². The second-order valence-electron chi connectivity index (χ2n) is 9.11. The van der Waals surface area contributed by atoms with Crippen molar-refractivity contribution in [3.63, 3.8) is 0 Å². The highest BCUT2D eigenvalue weighted by atomic mass is 32.3. The number of diazo groups is 2. The van der Waals surface area contributed by atoms with Crippen LogP contribution in [-0.2, 0) is 19.9 Å². The first-order chi connectivity index (χ1) is 21.6. The van der Waals surface area contributed by atoms with Gasteiger partial charge < -0.3 is 47.3 Å². The number of morpholine rings is 2. The van der Waals surface area contributed by atoms with Crippen molar-refractivity contribution in [1.82, 2.24) is 0 Å².